The highest BCUT2D eigenvalue weighted by atomic mass is 32.1. The van der Waals surface area contributed by atoms with E-state index in [1.807, 2.05) is 12.4 Å². The van der Waals surface area contributed by atoms with Crippen LogP contribution in [0, 0.1) is 6.92 Å². The summed E-state index contributed by atoms with van der Waals surface area (Å²) in [5.74, 6) is 0. The summed E-state index contributed by atoms with van der Waals surface area (Å²) in [6, 6.07) is 0. The van der Waals surface area contributed by atoms with Crippen LogP contribution in [-0.2, 0) is 11.2 Å². The number of aryl methyl sites for hydroxylation is 1. The van der Waals surface area contributed by atoms with E-state index in [9.17, 15) is 10.2 Å². The molecule has 5 nitrogen and oxygen atoms in total. The van der Waals surface area contributed by atoms with Crippen molar-refractivity contribution in [3.63, 3.8) is 0 Å². The van der Waals surface area contributed by atoms with Crippen LogP contribution in [0.25, 0.3) is 0 Å². The van der Waals surface area contributed by atoms with Gasteiger partial charge in [0.1, 0.15) is 0 Å². The zero-order valence-corrected chi connectivity index (χ0v) is 12.8. The largest absolute Gasteiger partial charge is 0.394 e. The quantitative estimate of drug-likeness (QED) is 0.590. The lowest BCUT2D eigenvalue weighted by Gasteiger charge is -2.41. The van der Waals surface area contributed by atoms with Gasteiger partial charge in [-0.05, 0) is 26.2 Å². The molecule has 0 radical (unpaired) electrons. The van der Waals surface area contributed by atoms with Crippen molar-refractivity contribution in [1.29, 1.82) is 0 Å². The maximum atomic E-state index is 9.86. The summed E-state index contributed by atoms with van der Waals surface area (Å²) in [7, 11) is 0. The lowest BCUT2D eigenvalue weighted by molar-refractivity contribution is 0.0203. The van der Waals surface area contributed by atoms with Crippen LogP contribution >= 0.6 is 11.3 Å². The Morgan fingerprint density at radius 2 is 2.35 bits per heavy atom. The minimum Gasteiger partial charge on any atom is -0.394 e. The second kappa shape index (κ2) is 7.47. The zero-order chi connectivity index (χ0) is 14.4. The molecule has 0 aliphatic heterocycles. The van der Waals surface area contributed by atoms with Gasteiger partial charge in [0.15, 0.2) is 0 Å². The third kappa shape index (κ3) is 4.23. The minimum absolute atomic E-state index is 0.144. The number of aliphatic hydroxyl groups excluding tert-OH is 2. The first-order chi connectivity index (χ1) is 9.65. The summed E-state index contributed by atoms with van der Waals surface area (Å²) in [5, 5.41) is 22.4. The average Bonchev–Trinajstić information content (AvgIpc) is 2.80. The Morgan fingerprint density at radius 3 is 2.90 bits per heavy atom. The Hall–Kier alpha value is -0.530. The van der Waals surface area contributed by atoms with Crippen molar-refractivity contribution in [2.75, 3.05) is 26.4 Å². The van der Waals surface area contributed by atoms with Crippen molar-refractivity contribution in [2.45, 2.75) is 44.2 Å². The first-order valence-electron chi connectivity index (χ1n) is 7.16. The van der Waals surface area contributed by atoms with Gasteiger partial charge in [0, 0.05) is 23.4 Å². The molecule has 1 aromatic heterocycles. The summed E-state index contributed by atoms with van der Waals surface area (Å²) in [6.45, 7) is 3.54. The number of aromatic nitrogens is 1. The third-order valence-corrected chi connectivity index (χ3v) is 4.95. The second-order valence-corrected chi connectivity index (χ2v) is 6.45. The van der Waals surface area contributed by atoms with Crippen LogP contribution in [0.3, 0.4) is 0 Å². The number of aliphatic hydroxyl groups is 2. The molecule has 1 saturated carbocycles. The molecule has 1 fully saturated rings. The molecule has 1 aromatic rings. The lowest BCUT2D eigenvalue weighted by atomic mass is 9.77. The van der Waals surface area contributed by atoms with Gasteiger partial charge in [-0.1, -0.05) is 0 Å². The highest BCUT2D eigenvalue weighted by Gasteiger charge is 2.35. The highest BCUT2D eigenvalue weighted by molar-refractivity contribution is 7.09. The molecule has 0 spiro atoms. The molecule has 1 aliphatic carbocycles. The smallest absolute Gasteiger partial charge is 0.0897 e. The number of hydrogen-bond donors (Lipinski definition) is 3. The number of nitrogens with zero attached hydrogens (tertiary/aromatic N) is 1. The monoisotopic (exact) mass is 300 g/mol. The van der Waals surface area contributed by atoms with E-state index in [-0.39, 0.29) is 12.1 Å². The Labute approximate surface area is 124 Å². The Balaban J connectivity index is 1.56. The van der Waals surface area contributed by atoms with Gasteiger partial charge in [-0.25, -0.2) is 4.98 Å². The number of ether oxygens (including phenoxy) is 1. The van der Waals surface area contributed by atoms with Gasteiger partial charge in [0.05, 0.1) is 37.1 Å². The molecule has 0 bridgehead atoms. The maximum Gasteiger partial charge on any atom is 0.0897 e. The summed E-state index contributed by atoms with van der Waals surface area (Å²) in [4.78, 5) is 5.43. The molecule has 1 unspecified atom stereocenters. The summed E-state index contributed by atoms with van der Waals surface area (Å²) in [5.41, 5.74) is 2.76. The van der Waals surface area contributed by atoms with E-state index < -0.39 is 6.10 Å². The molecule has 1 atom stereocenters. The number of thiazole rings is 1. The Kier molecular flexibility index (Phi) is 5.92. The molecule has 0 saturated heterocycles. The Bertz CT molecular complexity index is 401. The number of rotatable bonds is 9. The molecule has 114 valence electrons. The lowest BCUT2D eigenvalue weighted by Crippen LogP contribution is -2.56. The molecular weight excluding hydrogens is 276 g/mol. The first-order valence-corrected chi connectivity index (χ1v) is 8.04. The first kappa shape index (κ1) is 15.9. The fraction of sp³-hybridized carbons (Fsp3) is 0.786. The predicted octanol–water partition coefficient (Wildman–Crippen LogP) is 0.876. The fourth-order valence-electron chi connectivity index (χ4n) is 2.34. The van der Waals surface area contributed by atoms with Gasteiger partial charge in [-0.15, -0.1) is 11.3 Å². The van der Waals surface area contributed by atoms with E-state index in [0.717, 1.165) is 31.4 Å². The molecule has 6 heteroatoms. The van der Waals surface area contributed by atoms with E-state index in [2.05, 4.69) is 10.3 Å². The SMILES string of the molecule is Cc1ncsc1CCOCC(O)CNC1(CO)CCC1. The van der Waals surface area contributed by atoms with Gasteiger partial charge in [0.25, 0.3) is 0 Å². The van der Waals surface area contributed by atoms with Crippen molar-refractivity contribution in [2.24, 2.45) is 0 Å². The van der Waals surface area contributed by atoms with Crippen molar-refractivity contribution >= 4 is 11.3 Å². The zero-order valence-electron chi connectivity index (χ0n) is 12.0. The number of hydrogen-bond acceptors (Lipinski definition) is 6. The third-order valence-electron chi connectivity index (χ3n) is 3.95. The van der Waals surface area contributed by atoms with E-state index in [0.29, 0.717) is 19.8 Å². The van der Waals surface area contributed by atoms with Crippen molar-refractivity contribution < 1.29 is 14.9 Å². The predicted molar refractivity (Wildman–Crippen MR) is 79.1 cm³/mol. The van der Waals surface area contributed by atoms with Crippen molar-refractivity contribution in [3.05, 3.63) is 16.1 Å². The van der Waals surface area contributed by atoms with Crippen LogP contribution in [-0.4, -0.2) is 53.2 Å². The summed E-state index contributed by atoms with van der Waals surface area (Å²) >= 11 is 1.64. The van der Waals surface area contributed by atoms with Crippen LogP contribution in [0.5, 0.6) is 0 Å². The average molecular weight is 300 g/mol. The number of β-amino-alcohol motifs (C(OH)–C–C–N with tert-alkyl or cyclic N) is 1. The van der Waals surface area contributed by atoms with E-state index in [1.54, 1.807) is 11.3 Å². The molecule has 1 aliphatic rings. The minimum atomic E-state index is -0.526. The topological polar surface area (TPSA) is 74.6 Å². The normalized spacial score (nSPS) is 18.8. The van der Waals surface area contributed by atoms with Gasteiger partial charge >= 0.3 is 0 Å². The van der Waals surface area contributed by atoms with Crippen LogP contribution in [0.15, 0.2) is 5.51 Å². The molecular formula is C14H24N2O3S. The van der Waals surface area contributed by atoms with E-state index in [1.165, 1.54) is 4.88 Å². The maximum absolute atomic E-state index is 9.86. The van der Waals surface area contributed by atoms with Crippen molar-refractivity contribution in [1.82, 2.24) is 10.3 Å². The summed E-state index contributed by atoms with van der Waals surface area (Å²) in [6.07, 6.45) is 3.44. The van der Waals surface area contributed by atoms with Crippen LogP contribution in [0.1, 0.15) is 29.8 Å². The Morgan fingerprint density at radius 1 is 1.55 bits per heavy atom. The van der Waals surface area contributed by atoms with Gasteiger partial charge in [-0.2, -0.15) is 0 Å². The molecule has 0 aromatic carbocycles. The highest BCUT2D eigenvalue weighted by Crippen LogP contribution is 2.30. The standard InChI is InChI=1S/C14H24N2O3S/c1-11-13(20-10-15-11)3-6-19-8-12(18)7-16-14(9-17)4-2-5-14/h10,12,16-18H,2-9H2,1H3. The molecule has 3 N–H and O–H groups in total. The number of nitrogens with one attached hydrogen (secondary N) is 1. The molecule has 1 heterocycles. The van der Waals surface area contributed by atoms with Crippen molar-refractivity contribution in [3.8, 4) is 0 Å². The van der Waals surface area contributed by atoms with E-state index in [4.69, 9.17) is 4.74 Å². The molecule has 20 heavy (non-hydrogen) atoms. The van der Waals surface area contributed by atoms with Gasteiger partial charge < -0.3 is 20.3 Å². The fourth-order valence-corrected chi connectivity index (χ4v) is 3.10. The summed E-state index contributed by atoms with van der Waals surface area (Å²) < 4.78 is 5.50. The van der Waals surface area contributed by atoms with E-state index >= 15 is 0 Å². The van der Waals surface area contributed by atoms with Crippen LogP contribution in [0.4, 0.5) is 0 Å². The van der Waals surface area contributed by atoms with Crippen LogP contribution in [0.2, 0.25) is 0 Å². The van der Waals surface area contributed by atoms with Crippen LogP contribution < -0.4 is 5.32 Å². The molecule has 2 rings (SSSR count). The van der Waals surface area contributed by atoms with Gasteiger partial charge in [0.2, 0.25) is 0 Å². The molecule has 0 amide bonds. The van der Waals surface area contributed by atoms with Gasteiger partial charge in [-0.3, -0.25) is 0 Å². The second-order valence-electron chi connectivity index (χ2n) is 5.51.